The van der Waals surface area contributed by atoms with Gasteiger partial charge in [-0.2, -0.15) is 0 Å². The molecule has 3 atom stereocenters. The zero-order valence-electron chi connectivity index (χ0n) is 22.7. The number of carboxylic acid groups (broad SMARTS) is 1. The Balaban J connectivity index is 3.30. The molecule has 0 heterocycles. The van der Waals surface area contributed by atoms with Crippen molar-refractivity contribution in [3.8, 4) is 0 Å². The molecule has 0 aliphatic heterocycles. The monoisotopic (exact) mass is 479 g/mol. The molecule has 34 heavy (non-hydrogen) atoms. The summed E-state index contributed by atoms with van der Waals surface area (Å²) in [5.74, 6) is -1.13. The van der Waals surface area contributed by atoms with Crippen LogP contribution >= 0.6 is 0 Å². The first kappa shape index (κ1) is 30.1. The number of hydrogen-bond donors (Lipinski definition) is 3. The number of carbonyl (C=O) groups is 3. The van der Waals surface area contributed by atoms with Crippen LogP contribution in [0.4, 0.5) is 0 Å². The number of nitrogens with one attached hydrogen (secondary N) is 2. The van der Waals surface area contributed by atoms with Gasteiger partial charge in [0.15, 0.2) is 0 Å². The quantitative estimate of drug-likeness (QED) is 0.338. The lowest BCUT2D eigenvalue weighted by Crippen LogP contribution is -2.63. The number of carboxylic acids is 1. The Kier molecular flexibility index (Phi) is 12.3. The molecular weight excluding hydrogens is 430 g/mol. The van der Waals surface area contributed by atoms with Gasteiger partial charge < -0.3 is 20.6 Å². The summed E-state index contributed by atoms with van der Waals surface area (Å²) in [6.07, 6.45) is 8.91. The average molecular weight is 480 g/mol. The molecule has 0 aromatic heterocycles. The molecule has 0 bridgehead atoms. The largest absolute Gasteiger partial charge is 0.478 e. The number of nitrogens with zero attached hydrogens (tertiary/aromatic N) is 1. The second-order valence-electron chi connectivity index (χ2n) is 10.4. The van der Waals surface area contributed by atoms with Crippen molar-refractivity contribution in [2.24, 2.45) is 11.8 Å². The normalized spacial score (nSPS) is 18.3. The SMILES string of the molecule is CCC(C)NC(CC)(CC)C(=O)N[C@H](C(=O)N(C)[C@H](C=C(C)C(=O)O)C(C)C)C1CCCCC1. The van der Waals surface area contributed by atoms with Gasteiger partial charge in [-0.1, -0.05) is 60.0 Å². The molecule has 0 radical (unpaired) electrons. The maximum Gasteiger partial charge on any atom is 0.331 e. The molecule has 196 valence electrons. The highest BCUT2D eigenvalue weighted by Crippen LogP contribution is 2.29. The van der Waals surface area contributed by atoms with E-state index < -0.39 is 17.6 Å². The van der Waals surface area contributed by atoms with Crippen LogP contribution in [0.1, 0.15) is 99.8 Å². The van der Waals surface area contributed by atoms with Crippen molar-refractivity contribution in [3.63, 3.8) is 0 Å². The van der Waals surface area contributed by atoms with E-state index in [4.69, 9.17) is 0 Å². The first-order valence-corrected chi connectivity index (χ1v) is 13.2. The van der Waals surface area contributed by atoms with Crippen molar-refractivity contribution in [2.45, 2.75) is 123 Å². The molecule has 7 nitrogen and oxygen atoms in total. The maximum absolute atomic E-state index is 13.9. The fourth-order valence-corrected chi connectivity index (χ4v) is 4.99. The van der Waals surface area contributed by atoms with E-state index in [0.717, 1.165) is 38.5 Å². The van der Waals surface area contributed by atoms with Crippen molar-refractivity contribution in [1.82, 2.24) is 15.5 Å². The Morgan fingerprint density at radius 2 is 1.62 bits per heavy atom. The van der Waals surface area contributed by atoms with Crippen LogP contribution < -0.4 is 10.6 Å². The topological polar surface area (TPSA) is 98.7 Å². The molecule has 0 spiro atoms. The zero-order valence-corrected chi connectivity index (χ0v) is 22.7. The summed E-state index contributed by atoms with van der Waals surface area (Å²) in [4.78, 5) is 40.6. The third-order valence-electron chi connectivity index (χ3n) is 7.69. The van der Waals surface area contributed by atoms with Crippen molar-refractivity contribution >= 4 is 17.8 Å². The van der Waals surface area contributed by atoms with Gasteiger partial charge in [-0.3, -0.25) is 9.59 Å². The van der Waals surface area contributed by atoms with E-state index in [2.05, 4.69) is 24.5 Å². The van der Waals surface area contributed by atoms with Gasteiger partial charge in [-0.05, 0) is 57.8 Å². The Labute approximate surface area is 207 Å². The van der Waals surface area contributed by atoms with Crippen LogP contribution in [0.25, 0.3) is 0 Å². The lowest BCUT2D eigenvalue weighted by atomic mass is 9.82. The van der Waals surface area contributed by atoms with Crippen molar-refractivity contribution in [3.05, 3.63) is 11.6 Å². The van der Waals surface area contributed by atoms with Crippen LogP contribution in [0.5, 0.6) is 0 Å². The molecule has 0 aromatic carbocycles. The predicted octanol–water partition coefficient (Wildman–Crippen LogP) is 4.51. The number of amides is 2. The highest BCUT2D eigenvalue weighted by molar-refractivity contribution is 5.92. The summed E-state index contributed by atoms with van der Waals surface area (Å²) in [6, 6.07) is -0.799. The van der Waals surface area contributed by atoms with Crippen LogP contribution in [-0.4, -0.2) is 58.5 Å². The van der Waals surface area contributed by atoms with Gasteiger partial charge in [0.05, 0.1) is 11.6 Å². The minimum atomic E-state index is -0.990. The minimum Gasteiger partial charge on any atom is -0.478 e. The molecule has 1 unspecified atom stereocenters. The summed E-state index contributed by atoms with van der Waals surface area (Å²) in [5.41, 5.74) is -0.510. The first-order chi connectivity index (χ1) is 15.9. The Morgan fingerprint density at radius 1 is 1.06 bits per heavy atom. The number of hydrogen-bond acceptors (Lipinski definition) is 4. The van der Waals surface area contributed by atoms with Gasteiger partial charge in [0, 0.05) is 18.7 Å². The summed E-state index contributed by atoms with van der Waals surface area (Å²) in [7, 11) is 1.73. The molecule has 1 saturated carbocycles. The van der Waals surface area contributed by atoms with E-state index in [1.165, 1.54) is 0 Å². The lowest BCUT2D eigenvalue weighted by Gasteiger charge is -2.40. The standard InChI is InChI=1S/C27H49N3O4/c1-9-20(7)29-27(10-2,11-3)26(34)28-23(21-15-13-12-14-16-21)24(31)30(8)22(18(4)5)17-19(6)25(32)33/h17-18,20-23,29H,9-16H2,1-8H3,(H,28,34)(H,32,33)/t20?,22-,23+/m1/s1. The zero-order chi connectivity index (χ0) is 26.1. The van der Waals surface area contributed by atoms with Gasteiger partial charge >= 0.3 is 5.97 Å². The first-order valence-electron chi connectivity index (χ1n) is 13.2. The van der Waals surface area contributed by atoms with E-state index in [1.54, 1.807) is 24.9 Å². The number of rotatable bonds is 13. The Bertz CT molecular complexity index is 709. The predicted molar refractivity (Wildman–Crippen MR) is 137 cm³/mol. The van der Waals surface area contributed by atoms with Crippen LogP contribution in [0, 0.1) is 11.8 Å². The summed E-state index contributed by atoms with van der Waals surface area (Å²) >= 11 is 0. The number of likely N-dealkylation sites (N-methyl/N-ethyl adjacent to an activating group) is 1. The second kappa shape index (κ2) is 13.9. The molecular formula is C27H49N3O4. The summed E-state index contributed by atoms with van der Waals surface area (Å²) < 4.78 is 0. The fourth-order valence-electron chi connectivity index (χ4n) is 4.99. The smallest absolute Gasteiger partial charge is 0.331 e. The molecule has 0 aromatic rings. The molecule has 2 amide bonds. The van der Waals surface area contributed by atoms with Gasteiger partial charge in [-0.25, -0.2) is 4.79 Å². The number of carbonyl (C=O) groups excluding carboxylic acids is 2. The van der Waals surface area contributed by atoms with Gasteiger partial charge in [0.2, 0.25) is 11.8 Å². The molecule has 0 saturated heterocycles. The highest BCUT2D eigenvalue weighted by Gasteiger charge is 2.41. The van der Waals surface area contributed by atoms with Gasteiger partial charge in [0.1, 0.15) is 6.04 Å². The van der Waals surface area contributed by atoms with Crippen molar-refractivity contribution in [1.29, 1.82) is 0 Å². The Hall–Kier alpha value is -1.89. The Morgan fingerprint density at radius 3 is 2.06 bits per heavy atom. The van der Waals surface area contributed by atoms with Crippen LogP contribution in [0.2, 0.25) is 0 Å². The van der Waals surface area contributed by atoms with Gasteiger partial charge in [-0.15, -0.1) is 0 Å². The van der Waals surface area contributed by atoms with Crippen molar-refractivity contribution in [2.75, 3.05) is 7.05 Å². The van der Waals surface area contributed by atoms with Gasteiger partial charge in [0.25, 0.3) is 0 Å². The minimum absolute atomic E-state index is 0.0309. The van der Waals surface area contributed by atoms with Crippen molar-refractivity contribution < 1.29 is 19.5 Å². The second-order valence-corrected chi connectivity index (χ2v) is 10.4. The molecule has 3 N–H and O–H groups in total. The average Bonchev–Trinajstić information content (AvgIpc) is 2.83. The van der Waals surface area contributed by atoms with E-state index in [9.17, 15) is 19.5 Å². The lowest BCUT2D eigenvalue weighted by molar-refractivity contribution is -0.141. The van der Waals surface area contributed by atoms with E-state index in [-0.39, 0.29) is 41.3 Å². The molecule has 1 aliphatic carbocycles. The fraction of sp³-hybridized carbons (Fsp3) is 0.815. The van der Waals surface area contributed by atoms with E-state index in [1.807, 2.05) is 27.7 Å². The molecule has 1 aliphatic rings. The summed E-state index contributed by atoms with van der Waals surface area (Å²) in [5, 5.41) is 16.1. The third kappa shape index (κ3) is 7.82. The molecule has 1 fully saturated rings. The number of aliphatic carboxylic acids is 1. The van der Waals surface area contributed by atoms with Crippen LogP contribution in [-0.2, 0) is 14.4 Å². The third-order valence-corrected chi connectivity index (χ3v) is 7.69. The van der Waals surface area contributed by atoms with E-state index >= 15 is 0 Å². The maximum atomic E-state index is 13.9. The highest BCUT2D eigenvalue weighted by atomic mass is 16.4. The summed E-state index contributed by atoms with van der Waals surface area (Å²) in [6.45, 7) is 13.7. The molecule has 1 rings (SSSR count). The van der Waals surface area contributed by atoms with Crippen LogP contribution in [0.3, 0.4) is 0 Å². The molecule has 7 heteroatoms. The van der Waals surface area contributed by atoms with Crippen LogP contribution in [0.15, 0.2) is 11.6 Å². The van der Waals surface area contributed by atoms with E-state index in [0.29, 0.717) is 12.8 Å².